The van der Waals surface area contributed by atoms with E-state index in [4.69, 9.17) is 27.9 Å². The maximum Gasteiger partial charge on any atom is 0.255 e. The van der Waals surface area contributed by atoms with Gasteiger partial charge in [0.2, 0.25) is 5.91 Å². The molecule has 3 aromatic rings. The van der Waals surface area contributed by atoms with Gasteiger partial charge in [-0.25, -0.2) is 0 Å². The summed E-state index contributed by atoms with van der Waals surface area (Å²) in [7, 11) is 1.57. The number of benzene rings is 3. The summed E-state index contributed by atoms with van der Waals surface area (Å²) in [6.07, 6.45) is 0. The van der Waals surface area contributed by atoms with Crippen molar-refractivity contribution in [3.63, 3.8) is 0 Å². The molecule has 0 saturated carbocycles. The molecule has 5 nitrogen and oxygen atoms in total. The summed E-state index contributed by atoms with van der Waals surface area (Å²) in [5.41, 5.74) is 1.63. The van der Waals surface area contributed by atoms with Crippen LogP contribution >= 0.6 is 35.0 Å². The maximum atomic E-state index is 12.4. The molecule has 2 amide bonds. The van der Waals surface area contributed by atoms with Crippen LogP contribution in [0.3, 0.4) is 0 Å². The fourth-order valence-electron chi connectivity index (χ4n) is 2.54. The highest BCUT2D eigenvalue weighted by Crippen LogP contribution is 2.30. The zero-order valence-electron chi connectivity index (χ0n) is 15.9. The van der Waals surface area contributed by atoms with Crippen LogP contribution in [0.15, 0.2) is 71.6 Å². The standard InChI is InChI=1S/C22H18Cl2N2O3S/c1-29-16-10-8-14(9-11-16)22(28)25-15-4-2-5-17(12-15)30-13-20(27)26-19-7-3-6-18(23)21(19)24/h2-12H,13H2,1H3,(H,25,28)(H,26,27). The summed E-state index contributed by atoms with van der Waals surface area (Å²) in [6.45, 7) is 0. The van der Waals surface area contributed by atoms with Crippen LogP contribution in [0.2, 0.25) is 10.0 Å². The predicted molar refractivity (Wildman–Crippen MR) is 123 cm³/mol. The van der Waals surface area contributed by atoms with Crippen molar-refractivity contribution in [1.82, 2.24) is 0 Å². The normalized spacial score (nSPS) is 10.4. The van der Waals surface area contributed by atoms with Gasteiger partial charge < -0.3 is 15.4 Å². The number of carbonyl (C=O) groups is 2. The molecule has 0 atom stereocenters. The van der Waals surface area contributed by atoms with Crippen LogP contribution in [-0.2, 0) is 4.79 Å². The van der Waals surface area contributed by atoms with Crippen LogP contribution in [0.1, 0.15) is 10.4 Å². The van der Waals surface area contributed by atoms with Crippen molar-refractivity contribution in [2.24, 2.45) is 0 Å². The van der Waals surface area contributed by atoms with Crippen LogP contribution in [0.5, 0.6) is 5.75 Å². The van der Waals surface area contributed by atoms with Crippen LogP contribution < -0.4 is 15.4 Å². The number of hydrogen-bond acceptors (Lipinski definition) is 4. The molecule has 0 aromatic heterocycles. The Morgan fingerprint density at radius 3 is 2.43 bits per heavy atom. The van der Waals surface area contributed by atoms with E-state index in [2.05, 4.69) is 10.6 Å². The molecule has 0 bridgehead atoms. The molecule has 0 fully saturated rings. The van der Waals surface area contributed by atoms with Crippen LogP contribution in [0, 0.1) is 0 Å². The number of amides is 2. The van der Waals surface area contributed by atoms with Crippen molar-refractivity contribution in [2.45, 2.75) is 4.90 Å². The van der Waals surface area contributed by atoms with Gasteiger partial charge in [-0.2, -0.15) is 0 Å². The van der Waals surface area contributed by atoms with Gasteiger partial charge in [-0.15, -0.1) is 11.8 Å². The zero-order chi connectivity index (χ0) is 21.5. The molecule has 0 aliphatic rings. The summed E-state index contributed by atoms with van der Waals surface area (Å²) in [6, 6.07) is 19.2. The Kier molecular flexibility index (Phi) is 7.63. The molecule has 3 aromatic carbocycles. The monoisotopic (exact) mass is 460 g/mol. The van der Waals surface area contributed by atoms with E-state index >= 15 is 0 Å². The minimum atomic E-state index is -0.229. The maximum absolute atomic E-state index is 12.4. The fourth-order valence-corrected chi connectivity index (χ4v) is 3.65. The summed E-state index contributed by atoms with van der Waals surface area (Å²) in [4.78, 5) is 25.5. The van der Waals surface area contributed by atoms with Crippen LogP contribution in [-0.4, -0.2) is 24.7 Å². The number of ether oxygens (including phenoxy) is 1. The van der Waals surface area contributed by atoms with Crippen molar-refractivity contribution >= 4 is 58.2 Å². The van der Waals surface area contributed by atoms with Gasteiger partial charge in [-0.05, 0) is 54.6 Å². The predicted octanol–water partition coefficient (Wildman–Crippen LogP) is 5.99. The second-order valence-corrected chi connectivity index (χ2v) is 7.98. The molecule has 0 spiro atoms. The number of carbonyl (C=O) groups excluding carboxylic acids is 2. The average Bonchev–Trinajstić information content (AvgIpc) is 2.76. The van der Waals surface area contributed by atoms with Crippen molar-refractivity contribution in [1.29, 1.82) is 0 Å². The third kappa shape index (κ3) is 5.92. The molecule has 154 valence electrons. The lowest BCUT2D eigenvalue weighted by atomic mass is 10.2. The summed E-state index contributed by atoms with van der Waals surface area (Å²) >= 11 is 13.4. The van der Waals surface area contributed by atoms with Gasteiger partial charge in [-0.3, -0.25) is 9.59 Å². The van der Waals surface area contributed by atoms with Crippen LogP contribution in [0.4, 0.5) is 11.4 Å². The fraction of sp³-hybridized carbons (Fsp3) is 0.0909. The Hall–Kier alpha value is -2.67. The molecule has 0 saturated heterocycles. The van der Waals surface area contributed by atoms with Crippen molar-refractivity contribution in [3.05, 3.63) is 82.3 Å². The van der Waals surface area contributed by atoms with Gasteiger partial charge >= 0.3 is 0 Å². The molecule has 0 radical (unpaired) electrons. The number of rotatable bonds is 7. The Bertz CT molecular complexity index is 1060. The highest BCUT2D eigenvalue weighted by Gasteiger charge is 2.10. The van der Waals surface area contributed by atoms with E-state index < -0.39 is 0 Å². The second-order valence-electron chi connectivity index (χ2n) is 6.15. The molecule has 8 heteroatoms. The summed E-state index contributed by atoms with van der Waals surface area (Å²) in [5, 5.41) is 6.28. The molecular weight excluding hydrogens is 443 g/mol. The molecule has 0 aliphatic carbocycles. The van der Waals surface area contributed by atoms with E-state index in [0.717, 1.165) is 4.90 Å². The molecule has 0 unspecified atom stereocenters. The summed E-state index contributed by atoms with van der Waals surface area (Å²) < 4.78 is 5.10. The first-order valence-corrected chi connectivity index (χ1v) is 10.6. The largest absolute Gasteiger partial charge is 0.497 e. The number of anilines is 2. The smallest absolute Gasteiger partial charge is 0.255 e. The first-order valence-electron chi connectivity index (χ1n) is 8.88. The van der Waals surface area contributed by atoms with Gasteiger partial charge in [0.25, 0.3) is 5.91 Å². The third-order valence-electron chi connectivity index (χ3n) is 4.04. The van der Waals surface area contributed by atoms with Crippen LogP contribution in [0.25, 0.3) is 0 Å². The Morgan fingerprint density at radius 2 is 1.70 bits per heavy atom. The minimum Gasteiger partial charge on any atom is -0.497 e. The molecule has 0 aliphatic heterocycles. The van der Waals surface area contributed by atoms with Gasteiger partial charge in [0, 0.05) is 16.1 Å². The highest BCUT2D eigenvalue weighted by atomic mass is 35.5. The molecule has 0 heterocycles. The number of thioether (sulfide) groups is 1. The topological polar surface area (TPSA) is 67.4 Å². The minimum absolute atomic E-state index is 0.179. The Balaban J connectivity index is 1.57. The van der Waals surface area contributed by atoms with E-state index in [1.54, 1.807) is 55.6 Å². The lowest BCUT2D eigenvalue weighted by Crippen LogP contribution is -2.14. The van der Waals surface area contributed by atoms with E-state index in [-0.39, 0.29) is 17.6 Å². The number of methoxy groups -OCH3 is 1. The quantitative estimate of drug-likeness (QED) is 0.425. The van der Waals surface area contributed by atoms with Gasteiger partial charge in [0.1, 0.15) is 5.75 Å². The van der Waals surface area contributed by atoms with Crippen molar-refractivity contribution < 1.29 is 14.3 Å². The molecule has 3 rings (SSSR count). The number of halogens is 2. The van der Waals surface area contributed by atoms with Crippen molar-refractivity contribution in [2.75, 3.05) is 23.5 Å². The average molecular weight is 461 g/mol. The lowest BCUT2D eigenvalue weighted by molar-refractivity contribution is -0.113. The van der Waals surface area contributed by atoms with E-state index in [9.17, 15) is 9.59 Å². The van der Waals surface area contributed by atoms with Gasteiger partial charge in [0.15, 0.2) is 0 Å². The Labute approximate surface area is 188 Å². The summed E-state index contributed by atoms with van der Waals surface area (Å²) in [5.74, 6) is 0.422. The molecule has 2 N–H and O–H groups in total. The zero-order valence-corrected chi connectivity index (χ0v) is 18.3. The van der Waals surface area contributed by atoms with E-state index in [0.29, 0.717) is 32.7 Å². The third-order valence-corrected chi connectivity index (χ3v) is 5.85. The van der Waals surface area contributed by atoms with E-state index in [1.165, 1.54) is 11.8 Å². The SMILES string of the molecule is COc1ccc(C(=O)Nc2cccc(SCC(=O)Nc3cccc(Cl)c3Cl)c2)cc1. The number of nitrogens with one attached hydrogen (secondary N) is 2. The van der Waals surface area contributed by atoms with Gasteiger partial charge in [-0.1, -0.05) is 35.3 Å². The number of hydrogen-bond donors (Lipinski definition) is 2. The lowest BCUT2D eigenvalue weighted by Gasteiger charge is -2.09. The van der Waals surface area contributed by atoms with E-state index in [1.807, 2.05) is 18.2 Å². The first kappa shape index (κ1) is 22.0. The first-order chi connectivity index (χ1) is 14.5. The van der Waals surface area contributed by atoms with Gasteiger partial charge in [0.05, 0.1) is 28.6 Å². The molecular formula is C22H18Cl2N2O3S. The Morgan fingerprint density at radius 1 is 0.967 bits per heavy atom. The highest BCUT2D eigenvalue weighted by molar-refractivity contribution is 8.00. The second kappa shape index (κ2) is 10.4. The van der Waals surface area contributed by atoms with Crippen molar-refractivity contribution in [3.8, 4) is 5.75 Å². The molecule has 30 heavy (non-hydrogen) atoms.